The summed E-state index contributed by atoms with van der Waals surface area (Å²) in [6.07, 6.45) is 1.26. The minimum absolute atomic E-state index is 0.0177. The summed E-state index contributed by atoms with van der Waals surface area (Å²) in [5.41, 5.74) is 0.307. The first-order valence-electron chi connectivity index (χ1n) is 8.78. The van der Waals surface area contributed by atoms with E-state index in [0.717, 1.165) is 6.07 Å². The zero-order chi connectivity index (χ0) is 20.4. The van der Waals surface area contributed by atoms with E-state index >= 15 is 0 Å². The zero-order valence-corrected chi connectivity index (χ0v) is 16.9. The Morgan fingerprint density at radius 2 is 1.96 bits per heavy atom. The summed E-state index contributed by atoms with van der Waals surface area (Å²) < 4.78 is 72.9. The van der Waals surface area contributed by atoms with Gasteiger partial charge in [-0.3, -0.25) is 9.03 Å². The van der Waals surface area contributed by atoms with E-state index in [0.29, 0.717) is 12.8 Å². The third kappa shape index (κ3) is 4.39. The molecule has 0 spiro atoms. The normalized spacial score (nSPS) is 16.6. The minimum Gasteiger partial charge on any atom is -0.492 e. The molecule has 1 heterocycles. The van der Waals surface area contributed by atoms with E-state index in [1.54, 1.807) is 6.92 Å². The highest BCUT2D eigenvalue weighted by Crippen LogP contribution is 2.33. The Morgan fingerprint density at radius 1 is 1.18 bits per heavy atom. The molecule has 1 aliphatic rings. The number of nitrogens with zero attached hydrogens (tertiary/aromatic N) is 1. The second kappa shape index (κ2) is 7.96. The molecule has 0 unspecified atom stereocenters. The Bertz CT molecular complexity index is 1070. The SMILES string of the molecule is CCOc1ccc(N2CCCCS2(=O)=O)cc1S(=O)(=O)Nc1cccc(F)c1. The van der Waals surface area contributed by atoms with Crippen LogP contribution in [0.2, 0.25) is 0 Å². The van der Waals surface area contributed by atoms with Crippen molar-refractivity contribution >= 4 is 31.4 Å². The molecule has 0 aliphatic carbocycles. The maximum absolute atomic E-state index is 13.4. The topological polar surface area (TPSA) is 92.8 Å². The van der Waals surface area contributed by atoms with Crippen LogP contribution in [0.1, 0.15) is 19.8 Å². The Balaban J connectivity index is 2.04. The fourth-order valence-corrected chi connectivity index (χ4v) is 5.82. The van der Waals surface area contributed by atoms with Gasteiger partial charge in [0.25, 0.3) is 10.0 Å². The molecule has 1 fully saturated rings. The number of rotatable bonds is 6. The Labute approximate surface area is 164 Å². The van der Waals surface area contributed by atoms with Crippen molar-refractivity contribution in [2.45, 2.75) is 24.7 Å². The number of anilines is 2. The number of hydrogen-bond acceptors (Lipinski definition) is 5. The van der Waals surface area contributed by atoms with Gasteiger partial charge in [-0.25, -0.2) is 21.2 Å². The van der Waals surface area contributed by atoms with Gasteiger partial charge >= 0.3 is 0 Å². The molecule has 3 rings (SSSR count). The lowest BCUT2D eigenvalue weighted by molar-refractivity contribution is 0.331. The Morgan fingerprint density at radius 3 is 2.64 bits per heavy atom. The lowest BCUT2D eigenvalue weighted by Gasteiger charge is -2.28. The molecule has 0 bridgehead atoms. The third-order valence-corrected chi connectivity index (χ3v) is 7.50. The molecule has 0 aromatic heterocycles. The van der Waals surface area contributed by atoms with E-state index in [9.17, 15) is 21.2 Å². The van der Waals surface area contributed by atoms with Crippen LogP contribution in [0.5, 0.6) is 5.75 Å². The molecule has 0 atom stereocenters. The van der Waals surface area contributed by atoms with E-state index in [2.05, 4.69) is 4.72 Å². The van der Waals surface area contributed by atoms with Gasteiger partial charge in [0.2, 0.25) is 10.0 Å². The zero-order valence-electron chi connectivity index (χ0n) is 15.3. The monoisotopic (exact) mass is 428 g/mol. The summed E-state index contributed by atoms with van der Waals surface area (Å²) in [6, 6.07) is 9.28. The van der Waals surface area contributed by atoms with Crippen molar-refractivity contribution in [2.24, 2.45) is 0 Å². The quantitative estimate of drug-likeness (QED) is 0.764. The molecule has 152 valence electrons. The van der Waals surface area contributed by atoms with Crippen LogP contribution in [0.25, 0.3) is 0 Å². The standard InChI is InChI=1S/C18H21FN2O5S2/c1-2-26-17-9-8-16(21-10-3-4-11-27(21,22)23)13-18(17)28(24,25)20-15-7-5-6-14(19)12-15/h5-9,12-13,20H,2-4,10-11H2,1H3. The van der Waals surface area contributed by atoms with Gasteiger partial charge in [0, 0.05) is 6.54 Å². The first kappa shape index (κ1) is 20.4. The van der Waals surface area contributed by atoms with Crippen molar-refractivity contribution in [3.05, 3.63) is 48.3 Å². The van der Waals surface area contributed by atoms with Gasteiger partial charge in [0.05, 0.1) is 23.7 Å². The van der Waals surface area contributed by atoms with Gasteiger partial charge in [0.1, 0.15) is 16.5 Å². The summed E-state index contributed by atoms with van der Waals surface area (Å²) in [5.74, 6) is -0.480. The third-order valence-electron chi connectivity index (χ3n) is 4.23. The predicted octanol–water partition coefficient (Wildman–Crippen LogP) is 2.96. The summed E-state index contributed by atoms with van der Waals surface area (Å²) in [5, 5.41) is 0. The van der Waals surface area contributed by atoms with Crippen molar-refractivity contribution in [1.29, 1.82) is 0 Å². The molecule has 0 radical (unpaired) electrons. The molecule has 2 aromatic carbocycles. The number of halogens is 1. The summed E-state index contributed by atoms with van der Waals surface area (Å²) in [7, 11) is -7.65. The molecular formula is C18H21FN2O5S2. The van der Waals surface area contributed by atoms with E-state index in [-0.39, 0.29) is 40.9 Å². The minimum atomic E-state index is -4.14. The van der Waals surface area contributed by atoms with Gasteiger partial charge in [0.15, 0.2) is 0 Å². The van der Waals surface area contributed by atoms with Crippen molar-refractivity contribution in [3.8, 4) is 5.75 Å². The predicted molar refractivity (Wildman–Crippen MR) is 105 cm³/mol. The van der Waals surface area contributed by atoms with Crippen LogP contribution >= 0.6 is 0 Å². The van der Waals surface area contributed by atoms with Crippen molar-refractivity contribution in [1.82, 2.24) is 0 Å². The highest BCUT2D eigenvalue weighted by molar-refractivity contribution is 7.93. The first-order chi connectivity index (χ1) is 13.2. The van der Waals surface area contributed by atoms with E-state index < -0.39 is 25.9 Å². The summed E-state index contributed by atoms with van der Waals surface area (Å²) in [4.78, 5) is -0.211. The van der Waals surface area contributed by atoms with E-state index in [1.165, 1.54) is 40.7 Å². The second-order valence-corrected chi connectivity index (χ2v) is 9.94. The van der Waals surface area contributed by atoms with Gasteiger partial charge < -0.3 is 4.74 Å². The van der Waals surface area contributed by atoms with Crippen molar-refractivity contribution in [2.75, 3.05) is 27.9 Å². The van der Waals surface area contributed by atoms with Crippen molar-refractivity contribution in [3.63, 3.8) is 0 Å². The smallest absolute Gasteiger partial charge is 0.265 e. The largest absolute Gasteiger partial charge is 0.492 e. The molecule has 0 amide bonds. The van der Waals surface area contributed by atoms with Crippen LogP contribution in [0, 0.1) is 5.82 Å². The summed E-state index contributed by atoms with van der Waals surface area (Å²) in [6.45, 7) is 2.22. The number of nitrogens with one attached hydrogen (secondary N) is 1. The molecule has 10 heteroatoms. The molecular weight excluding hydrogens is 407 g/mol. The molecule has 1 saturated heterocycles. The van der Waals surface area contributed by atoms with Gasteiger partial charge in [-0.1, -0.05) is 6.07 Å². The molecule has 0 saturated carbocycles. The average molecular weight is 429 g/mol. The van der Waals surface area contributed by atoms with Crippen LogP contribution in [0.15, 0.2) is 47.4 Å². The second-order valence-electron chi connectivity index (χ2n) is 6.28. The fourth-order valence-electron chi connectivity index (χ4n) is 2.98. The number of hydrogen-bond donors (Lipinski definition) is 1. The Kier molecular flexibility index (Phi) is 5.80. The van der Waals surface area contributed by atoms with Gasteiger partial charge in [-0.15, -0.1) is 0 Å². The van der Waals surface area contributed by atoms with Crippen LogP contribution < -0.4 is 13.8 Å². The van der Waals surface area contributed by atoms with Gasteiger partial charge in [-0.05, 0) is 56.2 Å². The fraction of sp³-hybridized carbons (Fsp3) is 0.333. The maximum Gasteiger partial charge on any atom is 0.265 e. The summed E-state index contributed by atoms with van der Waals surface area (Å²) >= 11 is 0. The molecule has 1 aliphatic heterocycles. The maximum atomic E-state index is 13.4. The van der Waals surface area contributed by atoms with Crippen LogP contribution in [-0.4, -0.2) is 35.7 Å². The highest BCUT2D eigenvalue weighted by atomic mass is 32.2. The van der Waals surface area contributed by atoms with Crippen molar-refractivity contribution < 1.29 is 26.0 Å². The molecule has 2 aromatic rings. The van der Waals surface area contributed by atoms with Crippen LogP contribution in [0.4, 0.5) is 15.8 Å². The van der Waals surface area contributed by atoms with Gasteiger partial charge in [-0.2, -0.15) is 0 Å². The number of ether oxygens (including phenoxy) is 1. The molecule has 7 nitrogen and oxygen atoms in total. The first-order valence-corrected chi connectivity index (χ1v) is 11.9. The Hall–Kier alpha value is -2.33. The van der Waals surface area contributed by atoms with Crippen LogP contribution in [-0.2, 0) is 20.0 Å². The molecule has 1 N–H and O–H groups in total. The van der Waals surface area contributed by atoms with E-state index in [1.807, 2.05) is 0 Å². The van der Waals surface area contributed by atoms with Crippen LogP contribution in [0.3, 0.4) is 0 Å². The number of benzene rings is 2. The lowest BCUT2D eigenvalue weighted by Crippen LogP contribution is -2.37. The number of sulfonamides is 2. The molecule has 28 heavy (non-hydrogen) atoms. The highest BCUT2D eigenvalue weighted by Gasteiger charge is 2.29. The van der Waals surface area contributed by atoms with E-state index in [4.69, 9.17) is 4.74 Å². The lowest BCUT2D eigenvalue weighted by atomic mass is 10.2. The average Bonchev–Trinajstić information content (AvgIpc) is 2.62.